The summed E-state index contributed by atoms with van der Waals surface area (Å²) >= 11 is 0. The molecule has 4 rings (SSSR count). The van der Waals surface area contributed by atoms with Gasteiger partial charge in [-0.15, -0.1) is 0 Å². The van der Waals surface area contributed by atoms with Crippen molar-refractivity contribution in [1.29, 1.82) is 0 Å². The lowest BCUT2D eigenvalue weighted by atomic mass is 10.2. The second-order valence-electron chi connectivity index (χ2n) is 6.79. The first-order chi connectivity index (χ1) is 11.7. The average Bonchev–Trinajstić information content (AvgIpc) is 3.25. The zero-order valence-corrected chi connectivity index (χ0v) is 13.5. The maximum Gasteiger partial charge on any atom is 0.228 e. The fourth-order valence-electron chi connectivity index (χ4n) is 3.51. The van der Waals surface area contributed by atoms with Gasteiger partial charge >= 0.3 is 0 Å². The van der Waals surface area contributed by atoms with Crippen LogP contribution in [-0.2, 0) is 9.59 Å². The number of anilines is 1. The maximum atomic E-state index is 12.3. The Morgan fingerprint density at radius 2 is 1.67 bits per heavy atom. The van der Waals surface area contributed by atoms with Crippen LogP contribution in [0.5, 0.6) is 11.5 Å². The molecule has 2 unspecified atom stereocenters. The largest absolute Gasteiger partial charge is 0.486 e. The van der Waals surface area contributed by atoms with E-state index >= 15 is 0 Å². The summed E-state index contributed by atoms with van der Waals surface area (Å²) in [5.41, 5.74) is 0.672. The Kier molecular flexibility index (Phi) is 4.04. The van der Waals surface area contributed by atoms with Gasteiger partial charge in [-0.25, -0.2) is 0 Å². The quantitative estimate of drug-likeness (QED) is 0.886. The Morgan fingerprint density at radius 3 is 2.46 bits per heavy atom. The van der Waals surface area contributed by atoms with Gasteiger partial charge in [-0.3, -0.25) is 9.59 Å². The van der Waals surface area contributed by atoms with E-state index in [4.69, 9.17) is 9.47 Å². The molecule has 2 amide bonds. The van der Waals surface area contributed by atoms with E-state index in [1.54, 1.807) is 18.2 Å². The molecule has 6 nitrogen and oxygen atoms in total. The number of amides is 2. The molecule has 24 heavy (non-hydrogen) atoms. The highest BCUT2D eigenvalue weighted by Gasteiger charge is 2.48. The fourth-order valence-corrected chi connectivity index (χ4v) is 3.51. The molecule has 1 aromatic rings. The minimum Gasteiger partial charge on any atom is -0.486 e. The second kappa shape index (κ2) is 6.34. The molecule has 2 saturated carbocycles. The SMILES string of the molecule is O=C(Nc1ccc2c(c1)OCCO2)C1CC1C(=O)NC1CCCC1. The van der Waals surface area contributed by atoms with E-state index in [1.807, 2.05) is 0 Å². The summed E-state index contributed by atoms with van der Waals surface area (Å²) in [6.45, 7) is 1.05. The van der Waals surface area contributed by atoms with E-state index in [0.717, 1.165) is 12.8 Å². The fraction of sp³-hybridized carbons (Fsp3) is 0.556. The van der Waals surface area contributed by atoms with Gasteiger partial charge in [-0.1, -0.05) is 12.8 Å². The molecule has 1 heterocycles. The van der Waals surface area contributed by atoms with Gasteiger partial charge < -0.3 is 20.1 Å². The van der Waals surface area contributed by atoms with Gasteiger partial charge in [0.05, 0.1) is 11.8 Å². The van der Waals surface area contributed by atoms with Crippen LogP contribution in [-0.4, -0.2) is 31.1 Å². The van der Waals surface area contributed by atoms with E-state index in [2.05, 4.69) is 10.6 Å². The molecule has 6 heteroatoms. The van der Waals surface area contributed by atoms with Crippen molar-refractivity contribution in [3.63, 3.8) is 0 Å². The number of hydrogen-bond acceptors (Lipinski definition) is 4. The molecule has 0 spiro atoms. The van der Waals surface area contributed by atoms with Crippen molar-refractivity contribution in [2.75, 3.05) is 18.5 Å². The van der Waals surface area contributed by atoms with Gasteiger partial charge in [0.25, 0.3) is 0 Å². The summed E-state index contributed by atoms with van der Waals surface area (Å²) in [6, 6.07) is 5.66. The monoisotopic (exact) mass is 330 g/mol. The van der Waals surface area contributed by atoms with Crippen molar-refractivity contribution in [2.45, 2.75) is 38.1 Å². The van der Waals surface area contributed by atoms with Crippen molar-refractivity contribution in [3.8, 4) is 11.5 Å². The molecule has 3 aliphatic rings. The van der Waals surface area contributed by atoms with E-state index in [-0.39, 0.29) is 23.7 Å². The van der Waals surface area contributed by atoms with Gasteiger partial charge in [-0.05, 0) is 31.4 Å². The number of benzene rings is 1. The lowest BCUT2D eigenvalue weighted by Crippen LogP contribution is -2.34. The summed E-state index contributed by atoms with van der Waals surface area (Å²) in [5.74, 6) is 0.870. The van der Waals surface area contributed by atoms with Crippen LogP contribution in [0.2, 0.25) is 0 Å². The van der Waals surface area contributed by atoms with Gasteiger partial charge in [0.2, 0.25) is 11.8 Å². The number of fused-ring (bicyclic) bond motifs is 1. The summed E-state index contributed by atoms with van der Waals surface area (Å²) < 4.78 is 11.0. The number of rotatable bonds is 4. The molecule has 2 atom stereocenters. The van der Waals surface area contributed by atoms with Gasteiger partial charge in [-0.2, -0.15) is 0 Å². The van der Waals surface area contributed by atoms with Crippen LogP contribution in [0.15, 0.2) is 18.2 Å². The third-order valence-electron chi connectivity index (χ3n) is 4.98. The van der Waals surface area contributed by atoms with E-state index in [0.29, 0.717) is 42.9 Å². The van der Waals surface area contributed by atoms with Crippen molar-refractivity contribution in [1.82, 2.24) is 5.32 Å². The zero-order valence-electron chi connectivity index (χ0n) is 13.5. The molecule has 0 radical (unpaired) electrons. The first kappa shape index (κ1) is 15.3. The van der Waals surface area contributed by atoms with Gasteiger partial charge in [0.15, 0.2) is 11.5 Å². The normalized spacial score (nSPS) is 25.2. The second-order valence-corrected chi connectivity index (χ2v) is 6.79. The Labute approximate surface area is 140 Å². The molecule has 2 fully saturated rings. The molecule has 0 bridgehead atoms. The average molecular weight is 330 g/mol. The highest BCUT2D eigenvalue weighted by atomic mass is 16.6. The summed E-state index contributed by atoms with van der Waals surface area (Å²) in [4.78, 5) is 24.5. The lowest BCUT2D eigenvalue weighted by Gasteiger charge is -2.19. The molecule has 128 valence electrons. The number of hydrogen-bond donors (Lipinski definition) is 2. The van der Waals surface area contributed by atoms with E-state index < -0.39 is 0 Å². The van der Waals surface area contributed by atoms with Crippen LogP contribution in [0.25, 0.3) is 0 Å². The first-order valence-corrected chi connectivity index (χ1v) is 8.71. The zero-order chi connectivity index (χ0) is 16.5. The Morgan fingerprint density at radius 1 is 0.958 bits per heavy atom. The summed E-state index contributed by atoms with van der Waals surface area (Å²) in [7, 11) is 0. The smallest absolute Gasteiger partial charge is 0.228 e. The number of carbonyl (C=O) groups excluding carboxylic acids is 2. The molecule has 2 aliphatic carbocycles. The number of carbonyl (C=O) groups is 2. The lowest BCUT2D eigenvalue weighted by molar-refractivity contribution is -0.125. The van der Waals surface area contributed by atoms with Crippen LogP contribution in [0.3, 0.4) is 0 Å². The van der Waals surface area contributed by atoms with Crippen molar-refractivity contribution in [3.05, 3.63) is 18.2 Å². The first-order valence-electron chi connectivity index (χ1n) is 8.71. The van der Waals surface area contributed by atoms with Gasteiger partial charge in [0.1, 0.15) is 13.2 Å². The predicted molar refractivity (Wildman–Crippen MR) is 88.1 cm³/mol. The molecule has 0 aromatic heterocycles. The van der Waals surface area contributed by atoms with Crippen molar-refractivity contribution < 1.29 is 19.1 Å². The van der Waals surface area contributed by atoms with Crippen molar-refractivity contribution in [2.24, 2.45) is 11.8 Å². The minimum absolute atomic E-state index is 0.0317. The number of nitrogens with one attached hydrogen (secondary N) is 2. The molecular formula is C18H22N2O4. The third-order valence-corrected chi connectivity index (χ3v) is 4.98. The molecule has 0 saturated heterocycles. The maximum absolute atomic E-state index is 12.3. The third kappa shape index (κ3) is 3.18. The van der Waals surface area contributed by atoms with Crippen LogP contribution in [0.4, 0.5) is 5.69 Å². The summed E-state index contributed by atoms with van der Waals surface area (Å²) in [5, 5.41) is 5.95. The molecule has 1 aromatic carbocycles. The Balaban J connectivity index is 1.31. The van der Waals surface area contributed by atoms with Gasteiger partial charge in [0, 0.05) is 17.8 Å². The molecule has 1 aliphatic heterocycles. The van der Waals surface area contributed by atoms with Crippen LogP contribution in [0, 0.1) is 11.8 Å². The Hall–Kier alpha value is -2.24. The highest BCUT2D eigenvalue weighted by molar-refractivity contribution is 5.99. The topological polar surface area (TPSA) is 76.7 Å². The van der Waals surface area contributed by atoms with Crippen LogP contribution < -0.4 is 20.1 Å². The predicted octanol–water partition coefficient (Wildman–Crippen LogP) is 2.09. The Bertz CT molecular complexity index is 654. The van der Waals surface area contributed by atoms with E-state index in [9.17, 15) is 9.59 Å². The highest BCUT2D eigenvalue weighted by Crippen LogP contribution is 2.40. The molecular weight excluding hydrogens is 308 g/mol. The number of ether oxygens (including phenoxy) is 2. The summed E-state index contributed by atoms with van der Waals surface area (Å²) in [6.07, 6.45) is 5.13. The van der Waals surface area contributed by atoms with E-state index in [1.165, 1.54) is 12.8 Å². The van der Waals surface area contributed by atoms with Crippen molar-refractivity contribution >= 4 is 17.5 Å². The van der Waals surface area contributed by atoms with Crippen LogP contribution >= 0.6 is 0 Å². The molecule has 2 N–H and O–H groups in total. The standard InChI is InChI=1S/C18H22N2O4/c21-17(19-11-3-1-2-4-11)13-10-14(13)18(22)20-12-5-6-15-16(9-12)24-8-7-23-15/h5-6,9,11,13-14H,1-4,7-8,10H2,(H,19,21)(H,20,22). The van der Waals surface area contributed by atoms with Crippen LogP contribution in [0.1, 0.15) is 32.1 Å². The minimum atomic E-state index is -0.223.